The van der Waals surface area contributed by atoms with Gasteiger partial charge in [0.15, 0.2) is 0 Å². The number of rotatable bonds is 4. The minimum Gasteiger partial charge on any atom is -0.496 e. The Morgan fingerprint density at radius 2 is 1.84 bits per heavy atom. The summed E-state index contributed by atoms with van der Waals surface area (Å²) in [5.41, 5.74) is 1.01. The highest BCUT2D eigenvalue weighted by Crippen LogP contribution is 2.39. The van der Waals surface area contributed by atoms with E-state index in [0.29, 0.717) is 5.92 Å². The number of carbonyl (C=O) groups is 1. The van der Waals surface area contributed by atoms with E-state index in [2.05, 4.69) is 12.2 Å². The van der Waals surface area contributed by atoms with Gasteiger partial charge in [0, 0.05) is 6.04 Å². The number of benzene rings is 1. The van der Waals surface area contributed by atoms with Gasteiger partial charge in [-0.15, -0.1) is 0 Å². The minimum absolute atomic E-state index is 0.0880. The SMILES string of the molecule is COc1cccc(OC)c1C1CC(C)CC(C=O)N1. The number of methoxy groups -OCH3 is 2. The zero-order valence-corrected chi connectivity index (χ0v) is 11.7. The second-order valence-corrected chi connectivity index (χ2v) is 5.11. The van der Waals surface area contributed by atoms with Gasteiger partial charge in [0.25, 0.3) is 0 Å². The summed E-state index contributed by atoms with van der Waals surface area (Å²) in [6, 6.07) is 5.75. The monoisotopic (exact) mass is 263 g/mol. The Bertz CT molecular complexity index is 425. The first-order valence-corrected chi connectivity index (χ1v) is 6.61. The standard InChI is InChI=1S/C15H21NO3/c1-10-7-11(9-17)16-12(8-10)15-13(18-2)5-4-6-14(15)19-3/h4-6,9-12,16H,7-8H2,1-3H3. The van der Waals surface area contributed by atoms with E-state index in [0.717, 1.165) is 36.2 Å². The largest absolute Gasteiger partial charge is 0.496 e. The van der Waals surface area contributed by atoms with Gasteiger partial charge in [-0.3, -0.25) is 0 Å². The molecule has 1 saturated heterocycles. The van der Waals surface area contributed by atoms with E-state index in [4.69, 9.17) is 9.47 Å². The number of ether oxygens (including phenoxy) is 2. The van der Waals surface area contributed by atoms with Gasteiger partial charge in [-0.1, -0.05) is 13.0 Å². The first-order chi connectivity index (χ1) is 9.19. The van der Waals surface area contributed by atoms with Crippen molar-refractivity contribution in [1.82, 2.24) is 5.32 Å². The van der Waals surface area contributed by atoms with Crippen molar-refractivity contribution in [2.45, 2.75) is 31.8 Å². The zero-order valence-electron chi connectivity index (χ0n) is 11.7. The van der Waals surface area contributed by atoms with Crippen molar-refractivity contribution in [2.24, 2.45) is 5.92 Å². The molecular weight excluding hydrogens is 242 g/mol. The summed E-state index contributed by atoms with van der Waals surface area (Å²) in [5, 5.41) is 3.37. The third-order valence-electron chi connectivity index (χ3n) is 3.69. The number of carbonyl (C=O) groups excluding carboxylic acids is 1. The molecule has 4 nitrogen and oxygen atoms in total. The fraction of sp³-hybridized carbons (Fsp3) is 0.533. The lowest BCUT2D eigenvalue weighted by atomic mass is 9.86. The van der Waals surface area contributed by atoms with E-state index in [-0.39, 0.29) is 12.1 Å². The number of nitrogens with one attached hydrogen (secondary N) is 1. The third-order valence-corrected chi connectivity index (χ3v) is 3.69. The van der Waals surface area contributed by atoms with Crippen LogP contribution in [0.1, 0.15) is 31.4 Å². The summed E-state index contributed by atoms with van der Waals surface area (Å²) in [5.74, 6) is 2.10. The Balaban J connectivity index is 2.36. The lowest BCUT2D eigenvalue weighted by Gasteiger charge is -2.33. The molecule has 2 rings (SSSR count). The Labute approximate surface area is 114 Å². The molecule has 1 aliphatic rings. The topological polar surface area (TPSA) is 47.6 Å². The van der Waals surface area contributed by atoms with E-state index in [1.807, 2.05) is 18.2 Å². The molecule has 0 bridgehead atoms. The molecule has 104 valence electrons. The lowest BCUT2D eigenvalue weighted by molar-refractivity contribution is -0.110. The third kappa shape index (κ3) is 2.89. The maximum atomic E-state index is 11.1. The van der Waals surface area contributed by atoms with Crippen molar-refractivity contribution >= 4 is 6.29 Å². The van der Waals surface area contributed by atoms with Gasteiger partial charge in [0.2, 0.25) is 0 Å². The molecule has 4 heteroatoms. The quantitative estimate of drug-likeness (QED) is 0.847. The second kappa shape index (κ2) is 6.06. The van der Waals surface area contributed by atoms with Crippen LogP contribution in [0.15, 0.2) is 18.2 Å². The summed E-state index contributed by atoms with van der Waals surface area (Å²) >= 11 is 0. The van der Waals surface area contributed by atoms with Crippen molar-refractivity contribution in [2.75, 3.05) is 14.2 Å². The molecule has 0 radical (unpaired) electrons. The Morgan fingerprint density at radius 1 is 1.21 bits per heavy atom. The fourth-order valence-electron chi connectivity index (χ4n) is 2.85. The molecule has 0 spiro atoms. The molecule has 1 N–H and O–H groups in total. The van der Waals surface area contributed by atoms with E-state index in [1.165, 1.54) is 0 Å². The summed E-state index contributed by atoms with van der Waals surface area (Å²) < 4.78 is 10.9. The molecule has 1 fully saturated rings. The summed E-state index contributed by atoms with van der Waals surface area (Å²) in [4.78, 5) is 11.1. The van der Waals surface area contributed by atoms with Gasteiger partial charge >= 0.3 is 0 Å². The number of hydrogen-bond donors (Lipinski definition) is 1. The van der Waals surface area contributed by atoms with Crippen molar-refractivity contribution in [3.05, 3.63) is 23.8 Å². The van der Waals surface area contributed by atoms with Crippen molar-refractivity contribution in [1.29, 1.82) is 0 Å². The van der Waals surface area contributed by atoms with Crippen LogP contribution in [0, 0.1) is 5.92 Å². The van der Waals surface area contributed by atoms with E-state index < -0.39 is 0 Å². The van der Waals surface area contributed by atoms with Crippen LogP contribution in [0.2, 0.25) is 0 Å². The first kappa shape index (κ1) is 13.9. The minimum atomic E-state index is -0.0941. The number of piperidine rings is 1. The maximum absolute atomic E-state index is 11.1. The number of hydrogen-bond acceptors (Lipinski definition) is 4. The molecule has 1 heterocycles. The summed E-state index contributed by atoms with van der Waals surface area (Å²) in [6.45, 7) is 2.17. The predicted octanol–water partition coefficient (Wildman–Crippen LogP) is 2.33. The van der Waals surface area contributed by atoms with Crippen LogP contribution in [-0.4, -0.2) is 26.5 Å². The Kier molecular flexibility index (Phi) is 4.43. The van der Waals surface area contributed by atoms with Crippen LogP contribution in [-0.2, 0) is 4.79 Å². The van der Waals surface area contributed by atoms with E-state index in [9.17, 15) is 4.79 Å². The molecule has 0 saturated carbocycles. The normalized spacial score (nSPS) is 26.8. The maximum Gasteiger partial charge on any atom is 0.136 e. The van der Waals surface area contributed by atoms with Crippen molar-refractivity contribution in [3.8, 4) is 11.5 Å². The van der Waals surface area contributed by atoms with Gasteiger partial charge in [0.05, 0.1) is 25.8 Å². The molecule has 0 aromatic heterocycles. The average molecular weight is 263 g/mol. The van der Waals surface area contributed by atoms with Crippen LogP contribution < -0.4 is 14.8 Å². The lowest BCUT2D eigenvalue weighted by Crippen LogP contribution is -2.41. The number of aldehydes is 1. The van der Waals surface area contributed by atoms with Crippen LogP contribution in [0.5, 0.6) is 11.5 Å². The van der Waals surface area contributed by atoms with Crippen molar-refractivity contribution < 1.29 is 14.3 Å². The first-order valence-electron chi connectivity index (χ1n) is 6.61. The zero-order chi connectivity index (χ0) is 13.8. The highest BCUT2D eigenvalue weighted by atomic mass is 16.5. The summed E-state index contributed by atoms with van der Waals surface area (Å²) in [6.07, 6.45) is 2.85. The van der Waals surface area contributed by atoms with Gasteiger partial charge in [-0.05, 0) is 30.9 Å². The molecular formula is C15H21NO3. The van der Waals surface area contributed by atoms with Crippen LogP contribution in [0.3, 0.4) is 0 Å². The molecule has 1 aromatic carbocycles. The summed E-state index contributed by atoms with van der Waals surface area (Å²) in [7, 11) is 3.31. The van der Waals surface area contributed by atoms with Crippen LogP contribution in [0.25, 0.3) is 0 Å². The van der Waals surface area contributed by atoms with Crippen LogP contribution in [0.4, 0.5) is 0 Å². The Morgan fingerprint density at radius 3 is 2.37 bits per heavy atom. The molecule has 1 aliphatic heterocycles. The van der Waals surface area contributed by atoms with Crippen LogP contribution >= 0.6 is 0 Å². The molecule has 1 aromatic rings. The van der Waals surface area contributed by atoms with Gasteiger partial charge in [-0.25, -0.2) is 0 Å². The van der Waals surface area contributed by atoms with E-state index in [1.54, 1.807) is 14.2 Å². The second-order valence-electron chi connectivity index (χ2n) is 5.11. The van der Waals surface area contributed by atoms with Gasteiger partial charge in [0.1, 0.15) is 17.8 Å². The average Bonchev–Trinajstić information content (AvgIpc) is 2.45. The highest BCUT2D eigenvalue weighted by Gasteiger charge is 2.30. The Hall–Kier alpha value is -1.55. The molecule has 0 amide bonds. The molecule has 0 aliphatic carbocycles. The smallest absolute Gasteiger partial charge is 0.136 e. The molecule has 3 atom stereocenters. The fourth-order valence-corrected chi connectivity index (χ4v) is 2.85. The van der Waals surface area contributed by atoms with Gasteiger partial charge < -0.3 is 19.6 Å². The van der Waals surface area contributed by atoms with Crippen molar-refractivity contribution in [3.63, 3.8) is 0 Å². The molecule has 19 heavy (non-hydrogen) atoms. The van der Waals surface area contributed by atoms with E-state index >= 15 is 0 Å². The van der Waals surface area contributed by atoms with Gasteiger partial charge in [-0.2, -0.15) is 0 Å². The highest BCUT2D eigenvalue weighted by molar-refractivity contribution is 5.58. The predicted molar refractivity (Wildman–Crippen MR) is 73.7 cm³/mol. The molecule has 3 unspecified atom stereocenters.